The SMILES string of the molecule is Cc1nn(-c2ccccc2)c(C)c1CNC(=O)c1cc(Cl)ccc1I. The Bertz CT molecular complexity index is 922. The van der Waals surface area contributed by atoms with Crippen LogP contribution in [0.15, 0.2) is 48.5 Å². The van der Waals surface area contributed by atoms with E-state index in [1.807, 2.05) is 54.9 Å². The Kier molecular flexibility index (Phi) is 5.44. The zero-order chi connectivity index (χ0) is 18.0. The van der Waals surface area contributed by atoms with Gasteiger partial charge in [-0.25, -0.2) is 4.68 Å². The molecule has 0 atom stereocenters. The summed E-state index contributed by atoms with van der Waals surface area (Å²) in [5, 5.41) is 8.13. The molecule has 0 aliphatic heterocycles. The maximum absolute atomic E-state index is 12.5. The van der Waals surface area contributed by atoms with Crippen molar-refractivity contribution in [3.8, 4) is 5.69 Å². The van der Waals surface area contributed by atoms with Crippen LogP contribution in [0.3, 0.4) is 0 Å². The largest absolute Gasteiger partial charge is 0.348 e. The van der Waals surface area contributed by atoms with Gasteiger partial charge in [0.1, 0.15) is 0 Å². The van der Waals surface area contributed by atoms with Crippen LogP contribution in [0.5, 0.6) is 0 Å². The van der Waals surface area contributed by atoms with Crippen molar-refractivity contribution in [2.45, 2.75) is 20.4 Å². The fraction of sp³-hybridized carbons (Fsp3) is 0.158. The van der Waals surface area contributed by atoms with E-state index in [9.17, 15) is 4.79 Å². The van der Waals surface area contributed by atoms with Crippen molar-refractivity contribution in [1.29, 1.82) is 0 Å². The lowest BCUT2D eigenvalue weighted by molar-refractivity contribution is 0.0950. The zero-order valence-electron chi connectivity index (χ0n) is 13.9. The van der Waals surface area contributed by atoms with Crippen LogP contribution < -0.4 is 5.32 Å². The van der Waals surface area contributed by atoms with E-state index in [2.05, 4.69) is 33.0 Å². The molecular formula is C19H17ClIN3O. The highest BCUT2D eigenvalue weighted by Gasteiger charge is 2.15. The van der Waals surface area contributed by atoms with Gasteiger partial charge in [0, 0.05) is 26.4 Å². The number of carbonyl (C=O) groups is 1. The predicted octanol–water partition coefficient (Wildman–Crippen LogP) is 4.68. The molecule has 0 saturated carbocycles. The van der Waals surface area contributed by atoms with Crippen molar-refractivity contribution >= 4 is 40.1 Å². The van der Waals surface area contributed by atoms with E-state index in [1.54, 1.807) is 12.1 Å². The quantitative estimate of drug-likeness (QED) is 0.569. The van der Waals surface area contributed by atoms with Crippen LogP contribution in [0.25, 0.3) is 5.69 Å². The fourth-order valence-corrected chi connectivity index (χ4v) is 3.44. The van der Waals surface area contributed by atoms with Gasteiger partial charge in [-0.1, -0.05) is 29.8 Å². The number of nitrogens with zero attached hydrogens (tertiary/aromatic N) is 2. The van der Waals surface area contributed by atoms with Crippen LogP contribution in [-0.4, -0.2) is 15.7 Å². The van der Waals surface area contributed by atoms with E-state index >= 15 is 0 Å². The summed E-state index contributed by atoms with van der Waals surface area (Å²) in [7, 11) is 0. The van der Waals surface area contributed by atoms with Crippen molar-refractivity contribution in [3.63, 3.8) is 0 Å². The highest BCUT2D eigenvalue weighted by Crippen LogP contribution is 2.20. The van der Waals surface area contributed by atoms with Gasteiger partial charge in [-0.05, 0) is 66.8 Å². The molecule has 1 amide bonds. The molecule has 0 bridgehead atoms. The molecule has 1 N–H and O–H groups in total. The number of nitrogens with one attached hydrogen (secondary N) is 1. The summed E-state index contributed by atoms with van der Waals surface area (Å²) in [6, 6.07) is 15.3. The molecule has 0 aliphatic rings. The van der Waals surface area contributed by atoms with Crippen molar-refractivity contribution in [3.05, 3.63) is 79.6 Å². The van der Waals surface area contributed by atoms with Gasteiger partial charge in [0.25, 0.3) is 5.91 Å². The first-order valence-corrected chi connectivity index (χ1v) is 9.27. The monoisotopic (exact) mass is 465 g/mol. The summed E-state index contributed by atoms with van der Waals surface area (Å²) in [5.74, 6) is -0.141. The first-order valence-electron chi connectivity index (χ1n) is 7.81. The Morgan fingerprint density at radius 1 is 1.20 bits per heavy atom. The summed E-state index contributed by atoms with van der Waals surface area (Å²) in [5.41, 5.74) is 4.53. The molecule has 4 nitrogen and oxygen atoms in total. The lowest BCUT2D eigenvalue weighted by Crippen LogP contribution is -2.24. The number of hydrogen-bond donors (Lipinski definition) is 1. The van der Waals surface area contributed by atoms with E-state index < -0.39 is 0 Å². The Morgan fingerprint density at radius 3 is 2.64 bits per heavy atom. The Hall–Kier alpha value is -1.86. The second-order valence-corrected chi connectivity index (χ2v) is 7.30. The van der Waals surface area contributed by atoms with Gasteiger partial charge in [-0.3, -0.25) is 4.79 Å². The molecule has 1 heterocycles. The molecular weight excluding hydrogens is 449 g/mol. The molecule has 2 aromatic carbocycles. The summed E-state index contributed by atoms with van der Waals surface area (Å²) in [6.45, 7) is 4.39. The van der Waals surface area contributed by atoms with Crippen LogP contribution in [0.2, 0.25) is 5.02 Å². The van der Waals surface area contributed by atoms with Gasteiger partial charge in [0.2, 0.25) is 0 Å². The van der Waals surface area contributed by atoms with Crippen LogP contribution >= 0.6 is 34.2 Å². The molecule has 0 aliphatic carbocycles. The molecule has 25 heavy (non-hydrogen) atoms. The fourth-order valence-electron chi connectivity index (χ4n) is 2.69. The molecule has 0 unspecified atom stereocenters. The molecule has 0 saturated heterocycles. The van der Waals surface area contributed by atoms with Gasteiger partial charge in [-0.2, -0.15) is 5.10 Å². The maximum atomic E-state index is 12.5. The van der Waals surface area contributed by atoms with Gasteiger partial charge < -0.3 is 5.32 Å². The minimum Gasteiger partial charge on any atom is -0.348 e. The Balaban J connectivity index is 1.81. The maximum Gasteiger partial charge on any atom is 0.252 e. The average molecular weight is 466 g/mol. The molecule has 0 radical (unpaired) electrons. The molecule has 128 valence electrons. The lowest BCUT2D eigenvalue weighted by Gasteiger charge is -2.08. The second-order valence-electron chi connectivity index (χ2n) is 5.70. The first-order chi connectivity index (χ1) is 12.0. The number of rotatable bonds is 4. The number of carbonyl (C=O) groups excluding carboxylic acids is 1. The third-order valence-corrected chi connectivity index (χ3v) is 5.22. The van der Waals surface area contributed by atoms with Crippen LogP contribution in [0.1, 0.15) is 27.3 Å². The molecule has 0 fully saturated rings. The van der Waals surface area contributed by atoms with E-state index in [0.29, 0.717) is 17.1 Å². The lowest BCUT2D eigenvalue weighted by atomic mass is 10.1. The third-order valence-electron chi connectivity index (χ3n) is 4.04. The molecule has 0 spiro atoms. The molecule has 1 aromatic heterocycles. The minimum atomic E-state index is -0.141. The minimum absolute atomic E-state index is 0.141. The highest BCUT2D eigenvalue weighted by molar-refractivity contribution is 14.1. The van der Waals surface area contributed by atoms with Gasteiger partial charge >= 0.3 is 0 Å². The number of para-hydroxylation sites is 1. The van der Waals surface area contributed by atoms with Gasteiger partial charge in [-0.15, -0.1) is 0 Å². The molecule has 3 aromatic rings. The van der Waals surface area contributed by atoms with Crippen LogP contribution in [-0.2, 0) is 6.54 Å². The van der Waals surface area contributed by atoms with Crippen molar-refractivity contribution < 1.29 is 4.79 Å². The zero-order valence-corrected chi connectivity index (χ0v) is 16.8. The summed E-state index contributed by atoms with van der Waals surface area (Å²) >= 11 is 8.14. The van der Waals surface area contributed by atoms with Crippen molar-refractivity contribution in [2.75, 3.05) is 0 Å². The normalized spacial score (nSPS) is 10.7. The van der Waals surface area contributed by atoms with E-state index in [4.69, 9.17) is 11.6 Å². The average Bonchev–Trinajstić information content (AvgIpc) is 2.90. The smallest absolute Gasteiger partial charge is 0.252 e. The number of amides is 1. The topological polar surface area (TPSA) is 46.9 Å². The van der Waals surface area contributed by atoms with Gasteiger partial charge in [0.05, 0.1) is 16.9 Å². The summed E-state index contributed by atoms with van der Waals surface area (Å²) in [6.07, 6.45) is 0. The summed E-state index contributed by atoms with van der Waals surface area (Å²) in [4.78, 5) is 12.5. The Labute approximate surface area is 165 Å². The van der Waals surface area contributed by atoms with Gasteiger partial charge in [0.15, 0.2) is 0 Å². The van der Waals surface area contributed by atoms with Crippen LogP contribution in [0, 0.1) is 17.4 Å². The Morgan fingerprint density at radius 2 is 1.92 bits per heavy atom. The number of aryl methyl sites for hydroxylation is 1. The number of hydrogen-bond acceptors (Lipinski definition) is 2. The highest BCUT2D eigenvalue weighted by atomic mass is 127. The molecule has 6 heteroatoms. The third kappa shape index (κ3) is 3.88. The van der Waals surface area contributed by atoms with Crippen molar-refractivity contribution in [2.24, 2.45) is 0 Å². The van der Waals surface area contributed by atoms with E-state index in [1.165, 1.54) is 0 Å². The number of aromatic nitrogens is 2. The standard InChI is InChI=1S/C19H17ClIN3O/c1-12-17(13(2)24(23-12)15-6-4-3-5-7-15)11-22-19(25)16-10-14(20)8-9-18(16)21/h3-10H,11H2,1-2H3,(H,22,25). The first kappa shape index (κ1) is 17.9. The second kappa shape index (κ2) is 7.58. The predicted molar refractivity (Wildman–Crippen MR) is 108 cm³/mol. The van der Waals surface area contributed by atoms with E-state index in [0.717, 1.165) is 26.2 Å². The molecule has 3 rings (SSSR count). The van der Waals surface area contributed by atoms with E-state index in [-0.39, 0.29) is 5.91 Å². The van der Waals surface area contributed by atoms with Crippen molar-refractivity contribution in [1.82, 2.24) is 15.1 Å². The van der Waals surface area contributed by atoms with Crippen LogP contribution in [0.4, 0.5) is 0 Å². The number of halogens is 2. The summed E-state index contributed by atoms with van der Waals surface area (Å²) < 4.78 is 2.77. The number of benzene rings is 2.